The van der Waals surface area contributed by atoms with E-state index in [1.54, 1.807) is 23.2 Å². The van der Waals surface area contributed by atoms with Gasteiger partial charge in [-0.05, 0) is 24.1 Å². The molecule has 2 aromatic carbocycles. The minimum absolute atomic E-state index is 0.0755. The molecule has 172 valence electrons. The summed E-state index contributed by atoms with van der Waals surface area (Å²) in [5.74, 6) is -0.641. The van der Waals surface area contributed by atoms with Gasteiger partial charge in [-0.3, -0.25) is 9.80 Å². The third-order valence-electron chi connectivity index (χ3n) is 5.50. The number of Topliss-reactive ketones (excluding diaryl/α,β-unsaturated/α-hetero) is 1. The number of unbranched alkanes of at least 4 members (excludes halogenated alkanes) is 2. The van der Waals surface area contributed by atoms with Gasteiger partial charge in [-0.1, -0.05) is 56.2 Å². The fourth-order valence-corrected chi connectivity index (χ4v) is 3.83. The van der Waals surface area contributed by atoms with Crippen molar-refractivity contribution in [1.82, 2.24) is 10.3 Å². The molecule has 4 nitrogen and oxygen atoms in total. The maximum absolute atomic E-state index is 14.4. The number of hydrazone groups is 1. The molecule has 1 N–H and O–H groups in total. The number of benzene rings is 2. The molecule has 1 atom stereocenters. The van der Waals surface area contributed by atoms with Crippen LogP contribution in [0.2, 0.25) is 0 Å². The largest absolute Gasteiger partial charge is 0.416 e. The third kappa shape index (κ3) is 5.94. The Morgan fingerprint density at radius 3 is 2.56 bits per heavy atom. The van der Waals surface area contributed by atoms with Gasteiger partial charge in [0.25, 0.3) is 0 Å². The van der Waals surface area contributed by atoms with Crippen LogP contribution in [0.15, 0.2) is 53.6 Å². The number of hydrogen-bond donors (Lipinski definition) is 1. The van der Waals surface area contributed by atoms with Gasteiger partial charge < -0.3 is 5.32 Å². The normalized spacial score (nSPS) is 16.3. The van der Waals surface area contributed by atoms with E-state index < -0.39 is 11.7 Å². The quantitative estimate of drug-likeness (QED) is 0.385. The number of nitrogens with zero attached hydrogens (tertiary/aromatic N) is 2. The van der Waals surface area contributed by atoms with Gasteiger partial charge >= 0.3 is 6.18 Å². The van der Waals surface area contributed by atoms with E-state index in [0.717, 1.165) is 25.3 Å². The highest BCUT2D eigenvalue weighted by Crippen LogP contribution is 2.33. The lowest BCUT2D eigenvalue weighted by Gasteiger charge is -2.24. The topological polar surface area (TPSA) is 44.7 Å². The first-order valence-electron chi connectivity index (χ1n) is 10.8. The monoisotopic (exact) mass is 449 g/mol. The Balaban J connectivity index is 1.66. The SMILES string of the molecule is CCCCCN1N=C(C(=O)CNCc2ccccc2C(F)(F)F)CC1c1ccccc1F. The van der Waals surface area contributed by atoms with Gasteiger partial charge in [0.05, 0.1) is 18.2 Å². The lowest BCUT2D eigenvalue weighted by Crippen LogP contribution is -2.28. The van der Waals surface area contributed by atoms with E-state index >= 15 is 0 Å². The van der Waals surface area contributed by atoms with Crippen LogP contribution in [0.25, 0.3) is 0 Å². The zero-order valence-corrected chi connectivity index (χ0v) is 18.0. The molecule has 0 saturated carbocycles. The minimum Gasteiger partial charge on any atom is -0.306 e. The van der Waals surface area contributed by atoms with Gasteiger partial charge in [0.1, 0.15) is 11.5 Å². The van der Waals surface area contributed by atoms with E-state index in [1.165, 1.54) is 24.3 Å². The number of ketones is 1. The summed E-state index contributed by atoms with van der Waals surface area (Å²) in [5, 5.41) is 9.02. The van der Waals surface area contributed by atoms with Crippen LogP contribution in [-0.4, -0.2) is 29.6 Å². The van der Waals surface area contributed by atoms with Crippen LogP contribution in [0.4, 0.5) is 17.6 Å². The Labute approximate surface area is 185 Å². The fourth-order valence-electron chi connectivity index (χ4n) is 3.83. The van der Waals surface area contributed by atoms with Crippen LogP contribution < -0.4 is 5.32 Å². The first-order chi connectivity index (χ1) is 15.3. The van der Waals surface area contributed by atoms with E-state index in [2.05, 4.69) is 17.3 Å². The fraction of sp³-hybridized carbons (Fsp3) is 0.417. The molecule has 3 rings (SSSR count). The average Bonchev–Trinajstić information content (AvgIpc) is 3.18. The summed E-state index contributed by atoms with van der Waals surface area (Å²) in [6.07, 6.45) is -1.29. The van der Waals surface area contributed by atoms with Crippen LogP contribution >= 0.6 is 0 Å². The Morgan fingerprint density at radius 1 is 1.12 bits per heavy atom. The Morgan fingerprint density at radius 2 is 1.84 bits per heavy atom. The van der Waals surface area contributed by atoms with Crippen LogP contribution in [0.5, 0.6) is 0 Å². The van der Waals surface area contributed by atoms with E-state index in [4.69, 9.17) is 0 Å². The second kappa shape index (κ2) is 10.7. The van der Waals surface area contributed by atoms with Crippen LogP contribution in [0.3, 0.4) is 0 Å². The molecule has 0 spiro atoms. The predicted octanol–water partition coefficient (Wildman–Crippen LogP) is 5.50. The molecule has 1 aliphatic heterocycles. The molecule has 8 heteroatoms. The number of nitrogens with one attached hydrogen (secondary N) is 1. The van der Waals surface area contributed by atoms with Crippen molar-refractivity contribution in [3.8, 4) is 0 Å². The smallest absolute Gasteiger partial charge is 0.306 e. The number of rotatable bonds is 10. The number of halogens is 4. The molecule has 0 saturated heterocycles. The van der Waals surface area contributed by atoms with Crippen LogP contribution in [0, 0.1) is 5.82 Å². The van der Waals surface area contributed by atoms with Gasteiger partial charge in [-0.2, -0.15) is 18.3 Å². The van der Waals surface area contributed by atoms with Gasteiger partial charge in [0, 0.05) is 25.1 Å². The predicted molar refractivity (Wildman–Crippen MR) is 116 cm³/mol. The lowest BCUT2D eigenvalue weighted by molar-refractivity contribution is -0.138. The Kier molecular flexibility index (Phi) is 8.01. The molecule has 1 heterocycles. The minimum atomic E-state index is -4.45. The van der Waals surface area contributed by atoms with Crippen molar-refractivity contribution in [3.63, 3.8) is 0 Å². The number of alkyl halides is 3. The first-order valence-corrected chi connectivity index (χ1v) is 10.8. The molecular formula is C24H27F4N3O. The van der Waals surface area contributed by atoms with E-state index in [0.29, 0.717) is 17.8 Å². The van der Waals surface area contributed by atoms with Crippen LogP contribution in [0.1, 0.15) is 55.3 Å². The zero-order valence-electron chi connectivity index (χ0n) is 18.0. The number of carbonyl (C=O) groups is 1. The standard InChI is InChI=1S/C24H27F4N3O/c1-2-3-8-13-31-22(18-10-5-7-12-20(18)25)14-21(30-31)23(32)16-29-15-17-9-4-6-11-19(17)24(26,27)28/h4-7,9-12,22,29H,2-3,8,13-16H2,1H3. The maximum Gasteiger partial charge on any atom is 0.416 e. The third-order valence-corrected chi connectivity index (χ3v) is 5.50. The summed E-state index contributed by atoms with van der Waals surface area (Å²) in [6.45, 7) is 2.46. The molecule has 0 radical (unpaired) electrons. The second-order valence-electron chi connectivity index (χ2n) is 7.84. The van der Waals surface area contributed by atoms with Crippen molar-refractivity contribution in [2.75, 3.05) is 13.1 Å². The molecule has 32 heavy (non-hydrogen) atoms. The molecule has 1 aliphatic rings. The number of hydrogen-bond acceptors (Lipinski definition) is 4. The zero-order chi connectivity index (χ0) is 23.1. The van der Waals surface area contributed by atoms with Crippen molar-refractivity contribution >= 4 is 11.5 Å². The lowest BCUT2D eigenvalue weighted by atomic mass is 9.99. The summed E-state index contributed by atoms with van der Waals surface area (Å²) in [4.78, 5) is 12.7. The molecule has 2 aromatic rings. The highest BCUT2D eigenvalue weighted by atomic mass is 19.4. The summed E-state index contributed by atoms with van der Waals surface area (Å²) in [6, 6.07) is 11.4. The summed E-state index contributed by atoms with van der Waals surface area (Å²) >= 11 is 0. The van der Waals surface area contributed by atoms with Gasteiger partial charge in [-0.25, -0.2) is 4.39 Å². The maximum atomic E-state index is 14.4. The van der Waals surface area contributed by atoms with E-state index in [-0.39, 0.29) is 42.7 Å². The first kappa shape index (κ1) is 23.9. The van der Waals surface area contributed by atoms with Gasteiger partial charge in [0.2, 0.25) is 0 Å². The Hall–Kier alpha value is -2.74. The molecule has 0 fully saturated rings. The van der Waals surface area contributed by atoms with Crippen LogP contribution in [-0.2, 0) is 17.5 Å². The summed E-state index contributed by atoms with van der Waals surface area (Å²) in [7, 11) is 0. The van der Waals surface area contributed by atoms with Gasteiger partial charge in [-0.15, -0.1) is 0 Å². The van der Waals surface area contributed by atoms with Crippen molar-refractivity contribution in [2.24, 2.45) is 5.10 Å². The van der Waals surface area contributed by atoms with Gasteiger partial charge in [0.15, 0.2) is 5.78 Å². The molecule has 1 unspecified atom stereocenters. The van der Waals surface area contributed by atoms with E-state index in [1.807, 2.05) is 0 Å². The Bertz CT molecular complexity index is 958. The average molecular weight is 449 g/mol. The molecule has 0 aliphatic carbocycles. The molecule has 0 aromatic heterocycles. The number of carbonyl (C=O) groups excluding carboxylic acids is 1. The highest BCUT2D eigenvalue weighted by Gasteiger charge is 2.34. The molecule has 0 amide bonds. The highest BCUT2D eigenvalue weighted by molar-refractivity contribution is 6.41. The van der Waals surface area contributed by atoms with Crippen molar-refractivity contribution in [3.05, 3.63) is 71.0 Å². The van der Waals surface area contributed by atoms with Crippen molar-refractivity contribution in [1.29, 1.82) is 0 Å². The van der Waals surface area contributed by atoms with Crippen molar-refractivity contribution < 1.29 is 22.4 Å². The second-order valence-corrected chi connectivity index (χ2v) is 7.84. The molecule has 0 bridgehead atoms. The summed E-state index contributed by atoms with van der Waals surface area (Å²) < 4.78 is 53.8. The summed E-state index contributed by atoms with van der Waals surface area (Å²) in [5.41, 5.74) is 0.153. The van der Waals surface area contributed by atoms with E-state index in [9.17, 15) is 22.4 Å². The molecular weight excluding hydrogens is 422 g/mol. The van der Waals surface area contributed by atoms with Crippen molar-refractivity contribution in [2.45, 2.75) is 51.4 Å².